The standard InChI is InChI=1S/C14H21NO4/c1-10(2)15(3)7-8-19-12-6-5-11(14(16)17)9-13(12)18-4/h5-6,9-10H,7-8H2,1-4H3,(H,16,17). The molecule has 0 aliphatic heterocycles. The molecule has 0 spiro atoms. The fourth-order valence-corrected chi connectivity index (χ4v) is 1.48. The Balaban J connectivity index is 2.65. The number of carboxylic acid groups (broad SMARTS) is 1. The summed E-state index contributed by atoms with van der Waals surface area (Å²) in [4.78, 5) is 13.0. The number of rotatable bonds is 7. The first kappa shape index (κ1) is 15.3. The minimum Gasteiger partial charge on any atom is -0.493 e. The van der Waals surface area contributed by atoms with Gasteiger partial charge in [-0.25, -0.2) is 4.79 Å². The lowest BCUT2D eigenvalue weighted by atomic mass is 10.2. The molecule has 0 aliphatic rings. The highest BCUT2D eigenvalue weighted by Gasteiger charge is 2.10. The van der Waals surface area contributed by atoms with Crippen molar-refractivity contribution in [3.05, 3.63) is 23.8 Å². The van der Waals surface area contributed by atoms with E-state index in [0.29, 0.717) is 24.1 Å². The highest BCUT2D eigenvalue weighted by Crippen LogP contribution is 2.28. The number of likely N-dealkylation sites (N-methyl/N-ethyl adjacent to an activating group) is 1. The van der Waals surface area contributed by atoms with E-state index in [1.807, 2.05) is 7.05 Å². The highest BCUT2D eigenvalue weighted by molar-refractivity contribution is 5.88. The van der Waals surface area contributed by atoms with E-state index in [1.165, 1.54) is 19.2 Å². The van der Waals surface area contributed by atoms with Gasteiger partial charge < -0.3 is 19.5 Å². The van der Waals surface area contributed by atoms with E-state index in [2.05, 4.69) is 18.7 Å². The molecule has 19 heavy (non-hydrogen) atoms. The molecular formula is C14H21NO4. The fraction of sp³-hybridized carbons (Fsp3) is 0.500. The van der Waals surface area contributed by atoms with Crippen LogP contribution in [-0.2, 0) is 0 Å². The van der Waals surface area contributed by atoms with Crippen LogP contribution in [-0.4, -0.2) is 49.3 Å². The molecule has 1 N–H and O–H groups in total. The summed E-state index contributed by atoms with van der Waals surface area (Å²) in [6.45, 7) is 5.55. The van der Waals surface area contributed by atoms with E-state index in [1.54, 1.807) is 6.07 Å². The molecule has 5 nitrogen and oxygen atoms in total. The first-order chi connectivity index (χ1) is 8.95. The molecule has 0 bridgehead atoms. The number of nitrogens with zero attached hydrogens (tertiary/aromatic N) is 1. The Morgan fingerprint density at radius 1 is 1.37 bits per heavy atom. The van der Waals surface area contributed by atoms with Gasteiger partial charge >= 0.3 is 5.97 Å². The maximum absolute atomic E-state index is 10.9. The van der Waals surface area contributed by atoms with Crippen LogP contribution in [0.3, 0.4) is 0 Å². The zero-order valence-corrected chi connectivity index (χ0v) is 11.8. The number of aromatic carboxylic acids is 1. The van der Waals surface area contributed by atoms with Crippen LogP contribution in [0.2, 0.25) is 0 Å². The first-order valence-corrected chi connectivity index (χ1v) is 6.20. The lowest BCUT2D eigenvalue weighted by Crippen LogP contribution is -2.30. The summed E-state index contributed by atoms with van der Waals surface area (Å²) in [6.07, 6.45) is 0. The average molecular weight is 267 g/mol. The van der Waals surface area contributed by atoms with Gasteiger partial charge in [-0.1, -0.05) is 0 Å². The maximum Gasteiger partial charge on any atom is 0.335 e. The minimum atomic E-state index is -0.982. The smallest absolute Gasteiger partial charge is 0.335 e. The van der Waals surface area contributed by atoms with Crippen molar-refractivity contribution < 1.29 is 19.4 Å². The van der Waals surface area contributed by atoms with Crippen LogP contribution >= 0.6 is 0 Å². The van der Waals surface area contributed by atoms with E-state index >= 15 is 0 Å². The predicted octanol–water partition coefficient (Wildman–Crippen LogP) is 2.11. The molecule has 0 fully saturated rings. The molecule has 106 valence electrons. The molecule has 1 aromatic rings. The molecule has 0 heterocycles. The van der Waals surface area contributed by atoms with E-state index < -0.39 is 5.97 Å². The Kier molecular flexibility index (Phi) is 5.63. The van der Waals surface area contributed by atoms with Crippen molar-refractivity contribution in [1.29, 1.82) is 0 Å². The molecular weight excluding hydrogens is 246 g/mol. The van der Waals surface area contributed by atoms with Gasteiger partial charge in [0, 0.05) is 12.6 Å². The third kappa shape index (κ3) is 4.44. The lowest BCUT2D eigenvalue weighted by Gasteiger charge is -2.21. The topological polar surface area (TPSA) is 59.0 Å². The summed E-state index contributed by atoms with van der Waals surface area (Å²) in [5, 5.41) is 8.90. The number of hydrogen-bond donors (Lipinski definition) is 1. The van der Waals surface area contributed by atoms with Gasteiger partial charge in [0.2, 0.25) is 0 Å². The number of methoxy groups -OCH3 is 1. The minimum absolute atomic E-state index is 0.184. The average Bonchev–Trinajstić information content (AvgIpc) is 2.38. The normalized spacial score (nSPS) is 10.8. The van der Waals surface area contributed by atoms with Crippen LogP contribution < -0.4 is 9.47 Å². The van der Waals surface area contributed by atoms with Gasteiger partial charge in [0.15, 0.2) is 11.5 Å². The zero-order valence-electron chi connectivity index (χ0n) is 11.8. The summed E-state index contributed by atoms with van der Waals surface area (Å²) in [6, 6.07) is 5.05. The summed E-state index contributed by atoms with van der Waals surface area (Å²) >= 11 is 0. The van der Waals surface area contributed by atoms with Gasteiger partial charge in [-0.15, -0.1) is 0 Å². The Morgan fingerprint density at radius 2 is 2.05 bits per heavy atom. The van der Waals surface area contributed by atoms with Crippen LogP contribution in [0.4, 0.5) is 0 Å². The molecule has 0 saturated heterocycles. The molecule has 0 atom stereocenters. The van der Waals surface area contributed by atoms with Gasteiger partial charge in [0.05, 0.1) is 12.7 Å². The number of ether oxygens (including phenoxy) is 2. The van der Waals surface area contributed by atoms with Crippen molar-refractivity contribution in [2.75, 3.05) is 27.3 Å². The van der Waals surface area contributed by atoms with Crippen molar-refractivity contribution in [3.8, 4) is 11.5 Å². The van der Waals surface area contributed by atoms with Gasteiger partial charge in [-0.2, -0.15) is 0 Å². The molecule has 0 amide bonds. The third-order valence-corrected chi connectivity index (χ3v) is 2.99. The summed E-state index contributed by atoms with van der Waals surface area (Å²) in [5.41, 5.74) is 0.184. The quantitative estimate of drug-likeness (QED) is 0.820. The molecule has 1 aromatic carbocycles. The number of carbonyl (C=O) groups is 1. The van der Waals surface area contributed by atoms with Gasteiger partial charge in [-0.05, 0) is 39.1 Å². The second-order valence-electron chi connectivity index (χ2n) is 4.59. The number of hydrogen-bond acceptors (Lipinski definition) is 4. The van der Waals surface area contributed by atoms with Gasteiger partial charge in [0.1, 0.15) is 6.61 Å². The molecule has 0 saturated carbocycles. The summed E-state index contributed by atoms with van der Waals surface area (Å²) in [7, 11) is 3.52. The van der Waals surface area contributed by atoms with E-state index in [0.717, 1.165) is 6.54 Å². The molecule has 5 heteroatoms. The van der Waals surface area contributed by atoms with E-state index in [9.17, 15) is 4.79 Å². The Morgan fingerprint density at radius 3 is 2.58 bits per heavy atom. The highest BCUT2D eigenvalue weighted by atomic mass is 16.5. The predicted molar refractivity (Wildman–Crippen MR) is 73.2 cm³/mol. The van der Waals surface area contributed by atoms with Crippen molar-refractivity contribution >= 4 is 5.97 Å². The van der Waals surface area contributed by atoms with Crippen molar-refractivity contribution in [2.45, 2.75) is 19.9 Å². The third-order valence-electron chi connectivity index (χ3n) is 2.99. The Labute approximate surface area is 113 Å². The first-order valence-electron chi connectivity index (χ1n) is 6.20. The van der Waals surface area contributed by atoms with Crippen molar-refractivity contribution in [3.63, 3.8) is 0 Å². The monoisotopic (exact) mass is 267 g/mol. The lowest BCUT2D eigenvalue weighted by molar-refractivity contribution is 0.0696. The molecule has 0 radical (unpaired) electrons. The van der Waals surface area contributed by atoms with E-state index in [-0.39, 0.29) is 5.56 Å². The van der Waals surface area contributed by atoms with Crippen molar-refractivity contribution in [2.24, 2.45) is 0 Å². The molecule has 0 aliphatic carbocycles. The van der Waals surface area contributed by atoms with Crippen molar-refractivity contribution in [1.82, 2.24) is 4.90 Å². The van der Waals surface area contributed by atoms with Gasteiger partial charge in [0.25, 0.3) is 0 Å². The summed E-state index contributed by atoms with van der Waals surface area (Å²) < 4.78 is 10.8. The number of benzene rings is 1. The molecule has 1 rings (SSSR count). The second kappa shape index (κ2) is 6.99. The molecule has 0 unspecified atom stereocenters. The van der Waals surface area contributed by atoms with Crippen LogP contribution in [0, 0.1) is 0 Å². The van der Waals surface area contributed by atoms with Crippen LogP contribution in [0.1, 0.15) is 24.2 Å². The SMILES string of the molecule is COc1cc(C(=O)O)ccc1OCCN(C)C(C)C. The maximum atomic E-state index is 10.9. The Bertz CT molecular complexity index is 431. The summed E-state index contributed by atoms with van der Waals surface area (Å²) in [5.74, 6) is 0.0150. The largest absolute Gasteiger partial charge is 0.493 e. The molecule has 0 aromatic heterocycles. The van der Waals surface area contributed by atoms with Crippen LogP contribution in [0.15, 0.2) is 18.2 Å². The fourth-order valence-electron chi connectivity index (χ4n) is 1.48. The van der Waals surface area contributed by atoms with Crippen LogP contribution in [0.25, 0.3) is 0 Å². The second-order valence-corrected chi connectivity index (χ2v) is 4.59. The zero-order chi connectivity index (χ0) is 14.4. The van der Waals surface area contributed by atoms with Crippen LogP contribution in [0.5, 0.6) is 11.5 Å². The van der Waals surface area contributed by atoms with Gasteiger partial charge in [-0.3, -0.25) is 0 Å². The number of carboxylic acids is 1. The Hall–Kier alpha value is -1.75. The van der Waals surface area contributed by atoms with E-state index in [4.69, 9.17) is 14.6 Å².